The molecule has 1 aromatic carbocycles. The highest BCUT2D eigenvalue weighted by Gasteiger charge is 2.07. The van der Waals surface area contributed by atoms with E-state index in [1.165, 1.54) is 12.1 Å². The Bertz CT molecular complexity index is 585. The zero-order valence-corrected chi connectivity index (χ0v) is 12.7. The Morgan fingerprint density at radius 1 is 1.19 bits per heavy atom. The van der Waals surface area contributed by atoms with Crippen LogP contribution in [0.15, 0.2) is 24.4 Å². The first-order valence-corrected chi connectivity index (χ1v) is 7.16. The van der Waals surface area contributed by atoms with Crippen molar-refractivity contribution in [3.63, 3.8) is 0 Å². The SMILES string of the molecule is Cc1cn(CCc2cc(F)cc(F)c2)c(NCC(C)C)n1. The fraction of sp³-hybridized carbons (Fsp3) is 0.438. The standard InChI is InChI=1S/C16H21F2N3/c1-11(2)9-19-16-20-12(3)10-21(16)5-4-13-6-14(17)8-15(18)7-13/h6-8,10-11H,4-5,9H2,1-3H3,(H,19,20). The summed E-state index contributed by atoms with van der Waals surface area (Å²) >= 11 is 0. The smallest absolute Gasteiger partial charge is 0.203 e. The average molecular weight is 293 g/mol. The zero-order valence-electron chi connectivity index (χ0n) is 12.7. The van der Waals surface area contributed by atoms with Gasteiger partial charge in [-0.25, -0.2) is 13.8 Å². The van der Waals surface area contributed by atoms with Crippen molar-refractivity contribution in [1.29, 1.82) is 0 Å². The molecule has 2 aromatic rings. The number of anilines is 1. The Hall–Kier alpha value is -1.91. The van der Waals surface area contributed by atoms with Crippen LogP contribution in [0, 0.1) is 24.5 Å². The number of rotatable bonds is 6. The van der Waals surface area contributed by atoms with Crippen LogP contribution in [0.3, 0.4) is 0 Å². The molecule has 5 heteroatoms. The Morgan fingerprint density at radius 2 is 1.86 bits per heavy atom. The highest BCUT2D eigenvalue weighted by atomic mass is 19.1. The number of aromatic nitrogens is 2. The third-order valence-electron chi connectivity index (χ3n) is 3.13. The molecule has 0 radical (unpaired) electrons. The third-order valence-corrected chi connectivity index (χ3v) is 3.13. The van der Waals surface area contributed by atoms with Crippen LogP contribution in [0.4, 0.5) is 14.7 Å². The number of hydrogen-bond acceptors (Lipinski definition) is 2. The van der Waals surface area contributed by atoms with E-state index in [0.29, 0.717) is 24.4 Å². The normalized spacial score (nSPS) is 11.1. The van der Waals surface area contributed by atoms with Crippen molar-refractivity contribution in [2.24, 2.45) is 5.92 Å². The molecule has 0 spiro atoms. The van der Waals surface area contributed by atoms with Crippen LogP contribution in [0.5, 0.6) is 0 Å². The molecule has 21 heavy (non-hydrogen) atoms. The molecule has 114 valence electrons. The van der Waals surface area contributed by atoms with E-state index in [0.717, 1.165) is 24.3 Å². The van der Waals surface area contributed by atoms with Gasteiger partial charge in [0, 0.05) is 25.4 Å². The molecule has 1 heterocycles. The molecule has 0 fully saturated rings. The predicted molar refractivity (Wildman–Crippen MR) is 80.4 cm³/mol. The van der Waals surface area contributed by atoms with Crippen molar-refractivity contribution in [3.8, 4) is 0 Å². The minimum atomic E-state index is -0.537. The van der Waals surface area contributed by atoms with Crippen molar-refractivity contribution in [2.45, 2.75) is 33.7 Å². The maximum atomic E-state index is 13.2. The van der Waals surface area contributed by atoms with Crippen LogP contribution in [-0.4, -0.2) is 16.1 Å². The van der Waals surface area contributed by atoms with E-state index in [-0.39, 0.29) is 0 Å². The molecular weight excluding hydrogens is 272 g/mol. The van der Waals surface area contributed by atoms with E-state index in [1.54, 1.807) is 0 Å². The lowest BCUT2D eigenvalue weighted by Crippen LogP contribution is -2.13. The first-order chi connectivity index (χ1) is 9.94. The van der Waals surface area contributed by atoms with Crippen LogP contribution in [0.1, 0.15) is 25.1 Å². The monoisotopic (exact) mass is 293 g/mol. The van der Waals surface area contributed by atoms with E-state index >= 15 is 0 Å². The highest BCUT2D eigenvalue weighted by molar-refractivity contribution is 5.29. The van der Waals surface area contributed by atoms with Gasteiger partial charge in [-0.1, -0.05) is 13.8 Å². The summed E-state index contributed by atoms with van der Waals surface area (Å²) in [5, 5.41) is 3.30. The average Bonchev–Trinajstić information content (AvgIpc) is 2.73. The molecular formula is C16H21F2N3. The van der Waals surface area contributed by atoms with Gasteiger partial charge in [0.25, 0.3) is 0 Å². The molecule has 0 saturated carbocycles. The van der Waals surface area contributed by atoms with Crippen LogP contribution in [-0.2, 0) is 13.0 Å². The van der Waals surface area contributed by atoms with Gasteiger partial charge in [0.15, 0.2) is 0 Å². The first-order valence-electron chi connectivity index (χ1n) is 7.16. The van der Waals surface area contributed by atoms with Crippen LogP contribution < -0.4 is 5.32 Å². The second kappa shape index (κ2) is 6.70. The third kappa shape index (κ3) is 4.55. The van der Waals surface area contributed by atoms with Gasteiger partial charge in [-0.15, -0.1) is 0 Å². The van der Waals surface area contributed by atoms with Gasteiger partial charge in [-0.3, -0.25) is 0 Å². The topological polar surface area (TPSA) is 29.9 Å². The summed E-state index contributed by atoms with van der Waals surface area (Å²) in [5.74, 6) is 0.251. The fourth-order valence-electron chi connectivity index (χ4n) is 2.16. The summed E-state index contributed by atoms with van der Waals surface area (Å²) < 4.78 is 28.3. The molecule has 0 bridgehead atoms. The fourth-order valence-corrected chi connectivity index (χ4v) is 2.16. The second-order valence-corrected chi connectivity index (χ2v) is 5.70. The second-order valence-electron chi connectivity index (χ2n) is 5.70. The number of benzene rings is 1. The molecule has 0 aliphatic rings. The van der Waals surface area contributed by atoms with Crippen LogP contribution >= 0.6 is 0 Å². The quantitative estimate of drug-likeness (QED) is 0.878. The van der Waals surface area contributed by atoms with E-state index in [4.69, 9.17) is 0 Å². The molecule has 3 nitrogen and oxygen atoms in total. The lowest BCUT2D eigenvalue weighted by molar-refractivity contribution is 0.576. The molecule has 0 amide bonds. The van der Waals surface area contributed by atoms with Gasteiger partial charge in [0.05, 0.1) is 5.69 Å². The van der Waals surface area contributed by atoms with Crippen molar-refractivity contribution >= 4 is 5.95 Å². The van der Waals surface area contributed by atoms with Gasteiger partial charge in [0.2, 0.25) is 5.95 Å². The van der Waals surface area contributed by atoms with Crippen molar-refractivity contribution < 1.29 is 8.78 Å². The number of halogens is 2. The lowest BCUT2D eigenvalue weighted by Gasteiger charge is -2.11. The Balaban J connectivity index is 2.05. The van der Waals surface area contributed by atoms with Crippen molar-refractivity contribution in [3.05, 3.63) is 47.3 Å². The number of aryl methyl sites for hydroxylation is 3. The Labute approximate surface area is 124 Å². The van der Waals surface area contributed by atoms with Crippen LogP contribution in [0.25, 0.3) is 0 Å². The largest absolute Gasteiger partial charge is 0.355 e. The van der Waals surface area contributed by atoms with Gasteiger partial charge >= 0.3 is 0 Å². The molecule has 1 N–H and O–H groups in total. The number of nitrogens with one attached hydrogen (secondary N) is 1. The van der Waals surface area contributed by atoms with Crippen molar-refractivity contribution in [2.75, 3.05) is 11.9 Å². The highest BCUT2D eigenvalue weighted by Crippen LogP contribution is 2.13. The molecule has 1 aromatic heterocycles. The molecule has 2 rings (SSSR count). The van der Waals surface area contributed by atoms with Gasteiger partial charge in [0.1, 0.15) is 11.6 Å². The molecule has 0 saturated heterocycles. The molecule has 0 aliphatic carbocycles. The number of imidazole rings is 1. The van der Waals surface area contributed by atoms with Crippen molar-refractivity contribution in [1.82, 2.24) is 9.55 Å². The lowest BCUT2D eigenvalue weighted by atomic mass is 10.1. The maximum Gasteiger partial charge on any atom is 0.203 e. The van der Waals surface area contributed by atoms with E-state index in [9.17, 15) is 8.78 Å². The predicted octanol–water partition coefficient (Wildman–Crippen LogP) is 3.78. The van der Waals surface area contributed by atoms with E-state index < -0.39 is 11.6 Å². The summed E-state index contributed by atoms with van der Waals surface area (Å²) in [6.07, 6.45) is 2.50. The minimum absolute atomic E-state index is 0.521. The first kappa shape index (κ1) is 15.5. The maximum absolute atomic E-state index is 13.2. The summed E-state index contributed by atoms with van der Waals surface area (Å²) in [7, 11) is 0. The van der Waals surface area contributed by atoms with Gasteiger partial charge in [-0.05, 0) is 37.0 Å². The van der Waals surface area contributed by atoms with Gasteiger partial charge in [-0.2, -0.15) is 0 Å². The van der Waals surface area contributed by atoms with E-state index in [1.807, 2.05) is 17.7 Å². The molecule has 0 unspecified atom stereocenters. The summed E-state index contributed by atoms with van der Waals surface area (Å²) in [6.45, 7) is 7.65. The summed E-state index contributed by atoms with van der Waals surface area (Å²) in [5.41, 5.74) is 1.57. The Morgan fingerprint density at radius 3 is 2.48 bits per heavy atom. The summed E-state index contributed by atoms with van der Waals surface area (Å²) in [6, 6.07) is 3.63. The van der Waals surface area contributed by atoms with Gasteiger partial charge < -0.3 is 9.88 Å². The van der Waals surface area contributed by atoms with E-state index in [2.05, 4.69) is 24.1 Å². The number of hydrogen-bond donors (Lipinski definition) is 1. The zero-order chi connectivity index (χ0) is 15.4. The van der Waals surface area contributed by atoms with Crippen LogP contribution in [0.2, 0.25) is 0 Å². The minimum Gasteiger partial charge on any atom is -0.355 e. The molecule has 0 atom stereocenters. The summed E-state index contributed by atoms with van der Waals surface area (Å²) in [4.78, 5) is 4.43. The number of nitrogens with zero attached hydrogens (tertiary/aromatic N) is 2. The molecule has 0 aliphatic heterocycles. The Kier molecular flexibility index (Phi) is 4.94.